The van der Waals surface area contributed by atoms with E-state index in [9.17, 15) is 18.0 Å². The molecule has 7 heteroatoms. The van der Waals surface area contributed by atoms with Crippen LogP contribution in [0.25, 0.3) is 0 Å². The second-order valence-corrected chi connectivity index (χ2v) is 4.34. The highest BCUT2D eigenvalue weighted by Gasteiger charge is 2.33. The molecular formula is C15H11F3N2O2. The zero-order valence-corrected chi connectivity index (χ0v) is 11.1. The average Bonchev–Trinajstić information content (AvgIpc) is 2.47. The fourth-order valence-corrected chi connectivity index (χ4v) is 1.76. The van der Waals surface area contributed by atoms with Crippen LogP contribution in [-0.4, -0.2) is 17.3 Å². The molecule has 22 heavy (non-hydrogen) atoms. The molecule has 0 aromatic heterocycles. The molecule has 0 amide bonds. The van der Waals surface area contributed by atoms with Crippen molar-refractivity contribution >= 4 is 17.9 Å². The fraction of sp³-hybridized carbons (Fsp3) is 0.0667. The van der Waals surface area contributed by atoms with Crippen molar-refractivity contribution in [1.29, 1.82) is 0 Å². The van der Waals surface area contributed by atoms with E-state index in [1.54, 1.807) is 6.07 Å². The highest BCUT2D eigenvalue weighted by atomic mass is 19.4. The van der Waals surface area contributed by atoms with E-state index in [2.05, 4.69) is 10.5 Å². The monoisotopic (exact) mass is 308 g/mol. The summed E-state index contributed by atoms with van der Waals surface area (Å²) in [5.41, 5.74) is 1.84. The van der Waals surface area contributed by atoms with E-state index in [1.165, 1.54) is 42.6 Å². The summed E-state index contributed by atoms with van der Waals surface area (Å²) in [4.78, 5) is 10.8. The van der Waals surface area contributed by atoms with Gasteiger partial charge < -0.3 is 5.11 Å². The number of benzene rings is 2. The lowest BCUT2D eigenvalue weighted by Gasteiger charge is -2.11. The fourth-order valence-electron chi connectivity index (χ4n) is 1.76. The molecule has 0 spiro atoms. The minimum Gasteiger partial charge on any atom is -0.478 e. The number of rotatable bonds is 4. The third-order valence-corrected chi connectivity index (χ3v) is 2.76. The van der Waals surface area contributed by atoms with Crippen LogP contribution in [0.4, 0.5) is 18.9 Å². The van der Waals surface area contributed by atoms with Crippen LogP contribution in [0.3, 0.4) is 0 Å². The number of alkyl halides is 3. The van der Waals surface area contributed by atoms with Crippen LogP contribution in [0.1, 0.15) is 21.5 Å². The molecule has 0 fully saturated rings. The topological polar surface area (TPSA) is 61.7 Å². The molecule has 2 aromatic rings. The third-order valence-electron chi connectivity index (χ3n) is 2.76. The maximum atomic E-state index is 12.8. The zero-order valence-electron chi connectivity index (χ0n) is 11.1. The first-order valence-corrected chi connectivity index (χ1v) is 6.16. The van der Waals surface area contributed by atoms with Gasteiger partial charge in [0.05, 0.1) is 23.0 Å². The molecule has 0 aliphatic rings. The van der Waals surface area contributed by atoms with Crippen LogP contribution in [0.15, 0.2) is 53.6 Å². The van der Waals surface area contributed by atoms with Gasteiger partial charge in [0.2, 0.25) is 0 Å². The van der Waals surface area contributed by atoms with Crippen LogP contribution in [0.5, 0.6) is 0 Å². The van der Waals surface area contributed by atoms with Crippen molar-refractivity contribution in [3.8, 4) is 0 Å². The number of carbonyl (C=O) groups is 1. The maximum absolute atomic E-state index is 12.8. The van der Waals surface area contributed by atoms with Crippen molar-refractivity contribution in [3.05, 3.63) is 65.2 Å². The summed E-state index contributed by atoms with van der Waals surface area (Å²) in [6.07, 6.45) is -3.23. The number of hydrogen-bond acceptors (Lipinski definition) is 3. The van der Waals surface area contributed by atoms with Gasteiger partial charge in [-0.1, -0.05) is 24.3 Å². The predicted molar refractivity (Wildman–Crippen MR) is 76.1 cm³/mol. The zero-order chi connectivity index (χ0) is 16.2. The van der Waals surface area contributed by atoms with E-state index in [-0.39, 0.29) is 11.3 Å². The molecule has 0 heterocycles. The van der Waals surface area contributed by atoms with Gasteiger partial charge in [-0.15, -0.1) is 0 Å². The Kier molecular flexibility index (Phi) is 4.45. The third kappa shape index (κ3) is 3.85. The predicted octanol–water partition coefficient (Wildman–Crippen LogP) is 3.85. The maximum Gasteiger partial charge on any atom is 0.418 e. The van der Waals surface area contributed by atoms with Crippen molar-refractivity contribution in [2.45, 2.75) is 6.18 Å². The molecule has 2 rings (SSSR count). The number of anilines is 1. The Bertz CT molecular complexity index is 712. The minimum absolute atomic E-state index is 0.0691. The second-order valence-electron chi connectivity index (χ2n) is 4.34. The van der Waals surface area contributed by atoms with Gasteiger partial charge in [-0.25, -0.2) is 4.79 Å². The normalized spacial score (nSPS) is 11.6. The Morgan fingerprint density at radius 3 is 2.55 bits per heavy atom. The van der Waals surface area contributed by atoms with Gasteiger partial charge in [-0.2, -0.15) is 18.3 Å². The first kappa shape index (κ1) is 15.6. The lowest BCUT2D eigenvalue weighted by Crippen LogP contribution is -2.08. The standard InChI is InChI=1S/C15H11F3N2O2/c16-15(17,18)12-6-1-2-7-13(12)20-19-9-10-4-3-5-11(8-10)14(21)22/h1-9,20H,(H,21,22)/b19-9-. The van der Waals surface area contributed by atoms with E-state index in [1.807, 2.05) is 0 Å². The van der Waals surface area contributed by atoms with Gasteiger partial charge in [-0.3, -0.25) is 5.43 Å². The number of para-hydroxylation sites is 1. The van der Waals surface area contributed by atoms with Crippen LogP contribution in [0, 0.1) is 0 Å². The number of aromatic carboxylic acids is 1. The highest BCUT2D eigenvalue weighted by Crippen LogP contribution is 2.34. The second kappa shape index (κ2) is 6.30. The number of carboxylic acid groups (broad SMARTS) is 1. The van der Waals surface area contributed by atoms with Crippen molar-refractivity contribution in [2.75, 3.05) is 5.43 Å². The lowest BCUT2D eigenvalue weighted by molar-refractivity contribution is -0.136. The Balaban J connectivity index is 2.17. The number of nitrogens with zero attached hydrogens (tertiary/aromatic N) is 1. The molecule has 0 saturated heterocycles. The SMILES string of the molecule is O=C(O)c1cccc(/C=N\Nc2ccccc2C(F)(F)F)c1. The summed E-state index contributed by atoms with van der Waals surface area (Å²) in [6, 6.07) is 10.8. The van der Waals surface area contributed by atoms with E-state index in [0.29, 0.717) is 5.56 Å². The lowest BCUT2D eigenvalue weighted by atomic mass is 10.1. The van der Waals surface area contributed by atoms with E-state index < -0.39 is 17.7 Å². The van der Waals surface area contributed by atoms with E-state index in [4.69, 9.17) is 5.11 Å². The molecule has 4 nitrogen and oxygen atoms in total. The Morgan fingerprint density at radius 1 is 1.14 bits per heavy atom. The Morgan fingerprint density at radius 2 is 1.86 bits per heavy atom. The molecule has 0 aliphatic carbocycles. The van der Waals surface area contributed by atoms with Gasteiger partial charge in [0.25, 0.3) is 0 Å². The highest BCUT2D eigenvalue weighted by molar-refractivity contribution is 5.91. The van der Waals surface area contributed by atoms with Crippen molar-refractivity contribution in [2.24, 2.45) is 5.10 Å². The van der Waals surface area contributed by atoms with E-state index in [0.717, 1.165) is 6.07 Å². The number of hydrogen-bond donors (Lipinski definition) is 2. The van der Waals surface area contributed by atoms with Crippen LogP contribution in [-0.2, 0) is 6.18 Å². The molecule has 114 valence electrons. The first-order valence-electron chi connectivity index (χ1n) is 6.16. The molecule has 0 aliphatic heterocycles. The minimum atomic E-state index is -4.48. The van der Waals surface area contributed by atoms with Crippen molar-refractivity contribution < 1.29 is 23.1 Å². The van der Waals surface area contributed by atoms with Crippen LogP contribution < -0.4 is 5.43 Å². The van der Waals surface area contributed by atoms with Crippen LogP contribution >= 0.6 is 0 Å². The Hall–Kier alpha value is -2.83. The van der Waals surface area contributed by atoms with Gasteiger partial charge in [0.15, 0.2) is 0 Å². The number of carboxylic acids is 1. The molecular weight excluding hydrogens is 297 g/mol. The molecule has 0 radical (unpaired) electrons. The number of halogens is 3. The summed E-state index contributed by atoms with van der Waals surface area (Å²) in [6.45, 7) is 0. The quantitative estimate of drug-likeness (QED) is 0.666. The average molecular weight is 308 g/mol. The molecule has 0 atom stereocenters. The summed E-state index contributed by atoms with van der Waals surface area (Å²) in [7, 11) is 0. The molecule has 2 aromatic carbocycles. The van der Waals surface area contributed by atoms with Crippen molar-refractivity contribution in [1.82, 2.24) is 0 Å². The van der Waals surface area contributed by atoms with Gasteiger partial charge in [-0.05, 0) is 29.8 Å². The first-order chi connectivity index (χ1) is 10.4. The largest absolute Gasteiger partial charge is 0.478 e. The molecule has 0 unspecified atom stereocenters. The molecule has 2 N–H and O–H groups in total. The smallest absolute Gasteiger partial charge is 0.418 e. The number of hydrazone groups is 1. The van der Waals surface area contributed by atoms with Gasteiger partial charge >= 0.3 is 12.1 Å². The summed E-state index contributed by atoms with van der Waals surface area (Å²) in [5.74, 6) is -1.09. The summed E-state index contributed by atoms with van der Waals surface area (Å²) in [5, 5.41) is 12.6. The summed E-state index contributed by atoms with van der Waals surface area (Å²) < 4.78 is 38.3. The molecule has 0 saturated carbocycles. The van der Waals surface area contributed by atoms with Gasteiger partial charge in [0, 0.05) is 0 Å². The summed E-state index contributed by atoms with van der Waals surface area (Å²) >= 11 is 0. The van der Waals surface area contributed by atoms with Crippen LogP contribution in [0.2, 0.25) is 0 Å². The van der Waals surface area contributed by atoms with Crippen molar-refractivity contribution in [3.63, 3.8) is 0 Å². The molecule has 0 bridgehead atoms. The number of nitrogens with one attached hydrogen (secondary N) is 1. The van der Waals surface area contributed by atoms with Gasteiger partial charge in [0.1, 0.15) is 0 Å². The van der Waals surface area contributed by atoms with E-state index >= 15 is 0 Å². The Labute approximate surface area is 123 Å².